The van der Waals surface area contributed by atoms with E-state index in [0.29, 0.717) is 18.7 Å². The molecule has 0 saturated carbocycles. The van der Waals surface area contributed by atoms with Crippen LogP contribution in [-0.4, -0.2) is 30.3 Å². The smallest absolute Gasteiger partial charge is 0.257 e. The molecule has 3 rings (SSSR count). The lowest BCUT2D eigenvalue weighted by Crippen LogP contribution is -2.47. The van der Waals surface area contributed by atoms with Crippen LogP contribution in [0.2, 0.25) is 0 Å². The van der Waals surface area contributed by atoms with Crippen molar-refractivity contribution in [1.29, 1.82) is 0 Å². The second-order valence-electron chi connectivity index (χ2n) is 7.48. The fraction of sp³-hybridized carbons (Fsp3) is 0.318. The van der Waals surface area contributed by atoms with Crippen LogP contribution >= 0.6 is 0 Å². The van der Waals surface area contributed by atoms with Crippen LogP contribution in [0.4, 0.5) is 20.2 Å². The minimum absolute atomic E-state index is 0.0646. The molecular weight excluding hydrogens is 392 g/mol. The van der Waals surface area contributed by atoms with Crippen LogP contribution in [0.3, 0.4) is 0 Å². The molecule has 3 amide bonds. The number of anilines is 2. The Morgan fingerprint density at radius 2 is 1.67 bits per heavy atom. The lowest BCUT2D eigenvalue weighted by Gasteiger charge is -2.22. The zero-order valence-corrected chi connectivity index (χ0v) is 16.7. The highest BCUT2D eigenvalue weighted by atomic mass is 19.1. The zero-order valence-electron chi connectivity index (χ0n) is 16.7. The first-order valence-electron chi connectivity index (χ1n) is 9.74. The Balaban J connectivity index is 1.70. The maximum atomic E-state index is 13.9. The molecule has 30 heavy (non-hydrogen) atoms. The summed E-state index contributed by atoms with van der Waals surface area (Å²) in [6, 6.07) is 8.91. The number of rotatable bonds is 6. The number of amides is 3. The van der Waals surface area contributed by atoms with Gasteiger partial charge in [0, 0.05) is 24.3 Å². The minimum Gasteiger partial charge on any atom is -0.340 e. The number of hydrogen-bond acceptors (Lipinski definition) is 3. The zero-order chi connectivity index (χ0) is 21.8. The third kappa shape index (κ3) is 4.64. The number of hydrogen-bond donors (Lipinski definition) is 2. The molecule has 1 fully saturated rings. The highest BCUT2D eigenvalue weighted by Gasteiger charge is 2.27. The average molecular weight is 415 g/mol. The molecule has 0 aliphatic carbocycles. The van der Waals surface area contributed by atoms with E-state index in [9.17, 15) is 23.2 Å². The van der Waals surface area contributed by atoms with E-state index in [1.165, 1.54) is 0 Å². The number of halogens is 2. The quantitative estimate of drug-likeness (QED) is 0.758. The number of nitrogens with one attached hydrogen (secondary N) is 2. The molecule has 2 N–H and O–H groups in total. The summed E-state index contributed by atoms with van der Waals surface area (Å²) >= 11 is 0. The van der Waals surface area contributed by atoms with Gasteiger partial charge in [-0.3, -0.25) is 14.4 Å². The molecule has 2 aromatic carbocycles. The molecule has 158 valence electrons. The van der Waals surface area contributed by atoms with Crippen molar-refractivity contribution in [1.82, 2.24) is 5.32 Å². The fourth-order valence-electron chi connectivity index (χ4n) is 3.33. The van der Waals surface area contributed by atoms with Gasteiger partial charge < -0.3 is 15.5 Å². The monoisotopic (exact) mass is 415 g/mol. The van der Waals surface area contributed by atoms with Crippen LogP contribution in [0.5, 0.6) is 0 Å². The summed E-state index contributed by atoms with van der Waals surface area (Å²) in [6.45, 7) is 4.09. The van der Waals surface area contributed by atoms with Gasteiger partial charge in [-0.15, -0.1) is 0 Å². The van der Waals surface area contributed by atoms with Gasteiger partial charge >= 0.3 is 0 Å². The van der Waals surface area contributed by atoms with Crippen LogP contribution in [0, 0.1) is 17.6 Å². The van der Waals surface area contributed by atoms with Crippen LogP contribution < -0.4 is 15.5 Å². The molecule has 1 saturated heterocycles. The Labute approximate surface area is 173 Å². The van der Waals surface area contributed by atoms with Gasteiger partial charge in [0.1, 0.15) is 23.2 Å². The minimum atomic E-state index is -1.00. The Bertz CT molecular complexity index is 940. The topological polar surface area (TPSA) is 78.5 Å². The Morgan fingerprint density at radius 1 is 1.03 bits per heavy atom. The van der Waals surface area contributed by atoms with E-state index in [1.807, 2.05) is 0 Å². The van der Waals surface area contributed by atoms with E-state index >= 15 is 0 Å². The van der Waals surface area contributed by atoms with E-state index in [0.717, 1.165) is 30.3 Å². The van der Waals surface area contributed by atoms with Crippen LogP contribution in [0.15, 0.2) is 42.5 Å². The van der Waals surface area contributed by atoms with Crippen molar-refractivity contribution < 1.29 is 23.2 Å². The van der Waals surface area contributed by atoms with E-state index in [1.54, 1.807) is 43.0 Å². The normalized spacial score (nSPS) is 14.7. The van der Waals surface area contributed by atoms with Crippen molar-refractivity contribution in [2.75, 3.05) is 16.8 Å². The highest BCUT2D eigenvalue weighted by Crippen LogP contribution is 2.23. The molecule has 0 spiro atoms. The molecule has 6 nitrogen and oxygen atoms in total. The summed E-state index contributed by atoms with van der Waals surface area (Å²) in [6.07, 6.45) is 1.34. The molecule has 0 aromatic heterocycles. The molecular formula is C22H23F2N3O3. The predicted molar refractivity (Wildman–Crippen MR) is 109 cm³/mol. The molecule has 8 heteroatoms. The Hall–Kier alpha value is -3.29. The Morgan fingerprint density at radius 3 is 2.20 bits per heavy atom. The van der Waals surface area contributed by atoms with Gasteiger partial charge in [0.15, 0.2) is 0 Å². The molecule has 1 aliphatic heterocycles. The summed E-state index contributed by atoms with van der Waals surface area (Å²) in [7, 11) is 0. The van der Waals surface area contributed by atoms with Crippen molar-refractivity contribution >= 4 is 29.1 Å². The third-order valence-electron chi connectivity index (χ3n) is 4.95. The predicted octanol–water partition coefficient (Wildman–Crippen LogP) is 3.48. The van der Waals surface area contributed by atoms with E-state index in [2.05, 4.69) is 10.6 Å². The van der Waals surface area contributed by atoms with Gasteiger partial charge in [-0.25, -0.2) is 8.78 Å². The van der Waals surface area contributed by atoms with Gasteiger partial charge in [-0.2, -0.15) is 0 Å². The first-order chi connectivity index (χ1) is 14.3. The fourth-order valence-corrected chi connectivity index (χ4v) is 3.33. The summed E-state index contributed by atoms with van der Waals surface area (Å²) in [5, 5.41) is 5.11. The van der Waals surface area contributed by atoms with Gasteiger partial charge in [0.25, 0.3) is 5.91 Å². The molecule has 2 aromatic rings. The summed E-state index contributed by atoms with van der Waals surface area (Å²) in [5.41, 5.74) is 0.502. The SMILES string of the molecule is CC(C)C(NC(=O)c1c(F)cccc1F)C(=O)Nc1ccc(N2CCCC2=O)cc1. The lowest BCUT2D eigenvalue weighted by atomic mass is 10.0. The van der Waals surface area contributed by atoms with Crippen molar-refractivity contribution in [2.45, 2.75) is 32.7 Å². The number of carbonyl (C=O) groups is 3. The van der Waals surface area contributed by atoms with E-state index in [4.69, 9.17) is 0 Å². The maximum Gasteiger partial charge on any atom is 0.257 e. The summed E-state index contributed by atoms with van der Waals surface area (Å²) in [5.74, 6) is -3.77. The first kappa shape index (κ1) is 21.4. The number of carbonyl (C=O) groups excluding carboxylic acids is 3. The maximum absolute atomic E-state index is 13.9. The number of nitrogens with zero attached hydrogens (tertiary/aromatic N) is 1. The van der Waals surface area contributed by atoms with Crippen molar-refractivity contribution in [3.05, 3.63) is 59.7 Å². The van der Waals surface area contributed by atoms with Gasteiger partial charge in [0.05, 0.1) is 0 Å². The number of benzene rings is 2. The van der Waals surface area contributed by atoms with Crippen molar-refractivity contribution in [3.8, 4) is 0 Å². The first-order valence-corrected chi connectivity index (χ1v) is 9.74. The average Bonchev–Trinajstić information content (AvgIpc) is 3.12. The van der Waals surface area contributed by atoms with Gasteiger partial charge in [-0.05, 0) is 48.7 Å². The molecule has 0 radical (unpaired) electrons. The van der Waals surface area contributed by atoms with E-state index < -0.39 is 35.1 Å². The standard InChI is InChI=1S/C22H23F2N3O3/c1-13(2)20(26-21(29)19-16(23)5-3-6-17(19)24)22(30)25-14-8-10-15(11-9-14)27-12-4-7-18(27)28/h3,5-6,8-11,13,20H,4,7,12H2,1-2H3,(H,25,30)(H,26,29). The largest absolute Gasteiger partial charge is 0.340 e. The van der Waals surface area contributed by atoms with Gasteiger partial charge in [0.2, 0.25) is 11.8 Å². The van der Waals surface area contributed by atoms with Crippen molar-refractivity contribution in [3.63, 3.8) is 0 Å². The second-order valence-corrected chi connectivity index (χ2v) is 7.48. The Kier molecular flexibility index (Phi) is 6.44. The summed E-state index contributed by atoms with van der Waals surface area (Å²) < 4.78 is 27.7. The van der Waals surface area contributed by atoms with E-state index in [-0.39, 0.29) is 11.8 Å². The molecule has 1 atom stereocenters. The van der Waals surface area contributed by atoms with Crippen molar-refractivity contribution in [2.24, 2.45) is 5.92 Å². The molecule has 1 heterocycles. The van der Waals surface area contributed by atoms with Crippen LogP contribution in [0.25, 0.3) is 0 Å². The summed E-state index contributed by atoms with van der Waals surface area (Å²) in [4.78, 5) is 38.6. The lowest BCUT2D eigenvalue weighted by molar-refractivity contribution is -0.119. The van der Waals surface area contributed by atoms with Crippen LogP contribution in [0.1, 0.15) is 37.0 Å². The highest BCUT2D eigenvalue weighted by molar-refractivity contribution is 6.02. The van der Waals surface area contributed by atoms with Crippen LogP contribution in [-0.2, 0) is 9.59 Å². The van der Waals surface area contributed by atoms with Gasteiger partial charge in [-0.1, -0.05) is 19.9 Å². The second kappa shape index (κ2) is 9.02. The molecule has 0 bridgehead atoms. The third-order valence-corrected chi connectivity index (χ3v) is 4.95. The molecule has 1 aliphatic rings. The molecule has 1 unspecified atom stereocenters.